The van der Waals surface area contributed by atoms with E-state index in [0.717, 1.165) is 22.4 Å². The number of fused-ring (bicyclic) bond motifs is 2. The Balaban J connectivity index is 1.74. The van der Waals surface area contributed by atoms with Gasteiger partial charge in [0, 0.05) is 4.88 Å². The molecule has 0 unspecified atom stereocenters. The van der Waals surface area contributed by atoms with Crippen LogP contribution in [0.25, 0.3) is 43.6 Å². The SMILES string of the molecule is Cc1ccc(-c2cccs2)cc1-c1nc2cc3ccccc3cc2n[n+]1C. The Morgan fingerprint density at radius 2 is 1.63 bits per heavy atom. The lowest BCUT2D eigenvalue weighted by Crippen LogP contribution is -2.37. The predicted octanol–water partition coefficient (Wildman–Crippen LogP) is 5.31. The number of hydrogen-bond acceptors (Lipinski definition) is 3. The van der Waals surface area contributed by atoms with Crippen LogP contribution in [0.4, 0.5) is 0 Å². The first-order chi connectivity index (χ1) is 13.2. The van der Waals surface area contributed by atoms with Crippen LogP contribution in [0.3, 0.4) is 0 Å². The average Bonchev–Trinajstić information content (AvgIpc) is 3.21. The van der Waals surface area contributed by atoms with Gasteiger partial charge in [0.05, 0.1) is 5.56 Å². The van der Waals surface area contributed by atoms with E-state index < -0.39 is 0 Å². The van der Waals surface area contributed by atoms with Crippen molar-refractivity contribution < 1.29 is 4.68 Å². The summed E-state index contributed by atoms with van der Waals surface area (Å²) in [6, 6.07) is 23.4. The fraction of sp³-hybridized carbons (Fsp3) is 0.0870. The number of benzene rings is 3. The maximum Gasteiger partial charge on any atom is 0.351 e. The maximum absolute atomic E-state index is 4.98. The van der Waals surface area contributed by atoms with Gasteiger partial charge in [-0.05, 0) is 63.5 Å². The summed E-state index contributed by atoms with van der Waals surface area (Å²) >= 11 is 1.75. The zero-order chi connectivity index (χ0) is 18.4. The van der Waals surface area contributed by atoms with E-state index >= 15 is 0 Å². The average molecular weight is 368 g/mol. The van der Waals surface area contributed by atoms with E-state index in [1.165, 1.54) is 26.8 Å². The molecular weight excluding hydrogens is 350 g/mol. The zero-order valence-electron chi connectivity index (χ0n) is 15.2. The van der Waals surface area contributed by atoms with Gasteiger partial charge in [0.2, 0.25) is 5.52 Å². The largest absolute Gasteiger partial charge is 0.351 e. The Kier molecular flexibility index (Phi) is 3.73. The number of nitrogens with zero attached hydrogens (tertiary/aromatic N) is 3. The normalized spacial score (nSPS) is 11.3. The summed E-state index contributed by atoms with van der Waals surface area (Å²) in [6.07, 6.45) is 0. The van der Waals surface area contributed by atoms with Gasteiger partial charge < -0.3 is 0 Å². The van der Waals surface area contributed by atoms with Gasteiger partial charge in [-0.3, -0.25) is 0 Å². The van der Waals surface area contributed by atoms with E-state index in [9.17, 15) is 0 Å². The topological polar surface area (TPSA) is 29.7 Å². The Bertz CT molecular complexity index is 1290. The van der Waals surface area contributed by atoms with Crippen LogP contribution in [-0.2, 0) is 7.05 Å². The summed E-state index contributed by atoms with van der Waals surface area (Å²) in [5.74, 6) is 0.883. The summed E-state index contributed by atoms with van der Waals surface area (Å²) in [4.78, 5) is 6.24. The highest BCUT2D eigenvalue weighted by atomic mass is 32.1. The smallest absolute Gasteiger partial charge is 0.144 e. The van der Waals surface area contributed by atoms with Gasteiger partial charge in [0.1, 0.15) is 7.05 Å². The molecule has 130 valence electrons. The molecule has 0 saturated carbocycles. The van der Waals surface area contributed by atoms with Crippen LogP contribution < -0.4 is 4.68 Å². The molecule has 0 aliphatic heterocycles. The third-order valence-corrected chi connectivity index (χ3v) is 5.84. The summed E-state index contributed by atoms with van der Waals surface area (Å²) < 4.78 is 1.89. The molecule has 2 aromatic heterocycles. The van der Waals surface area contributed by atoms with Gasteiger partial charge in [-0.25, -0.2) is 0 Å². The Labute approximate surface area is 161 Å². The maximum atomic E-state index is 4.98. The molecule has 27 heavy (non-hydrogen) atoms. The summed E-state index contributed by atoms with van der Waals surface area (Å²) in [5.41, 5.74) is 5.35. The van der Waals surface area contributed by atoms with Crippen molar-refractivity contribution in [2.75, 3.05) is 0 Å². The Morgan fingerprint density at radius 1 is 0.852 bits per heavy atom. The monoisotopic (exact) mass is 368 g/mol. The van der Waals surface area contributed by atoms with Gasteiger partial charge in [-0.1, -0.05) is 47.6 Å². The highest BCUT2D eigenvalue weighted by Gasteiger charge is 2.20. The van der Waals surface area contributed by atoms with Crippen LogP contribution in [0.2, 0.25) is 0 Å². The lowest BCUT2D eigenvalue weighted by molar-refractivity contribution is -0.720. The number of rotatable bonds is 2. The van der Waals surface area contributed by atoms with E-state index in [2.05, 4.69) is 79.0 Å². The number of aromatic nitrogens is 3. The fourth-order valence-corrected chi connectivity index (χ4v) is 4.20. The molecule has 3 nitrogen and oxygen atoms in total. The molecular formula is C23H18N3S+. The van der Waals surface area contributed by atoms with Crippen molar-refractivity contribution in [3.05, 3.63) is 77.7 Å². The van der Waals surface area contributed by atoms with Gasteiger partial charge >= 0.3 is 5.82 Å². The van der Waals surface area contributed by atoms with Gasteiger partial charge in [0.15, 0.2) is 5.52 Å². The highest BCUT2D eigenvalue weighted by molar-refractivity contribution is 7.13. The summed E-state index contributed by atoms with van der Waals surface area (Å²) in [7, 11) is 1.97. The van der Waals surface area contributed by atoms with Crippen molar-refractivity contribution in [2.24, 2.45) is 7.05 Å². The molecule has 5 aromatic rings. The molecule has 3 aromatic carbocycles. The summed E-state index contributed by atoms with van der Waals surface area (Å²) in [5, 5.41) is 9.27. The number of thiophene rings is 1. The fourth-order valence-electron chi connectivity index (χ4n) is 3.47. The second-order valence-corrected chi connectivity index (χ2v) is 7.70. The predicted molar refractivity (Wildman–Crippen MR) is 112 cm³/mol. The van der Waals surface area contributed by atoms with Crippen LogP contribution in [-0.4, -0.2) is 10.1 Å². The Hall–Kier alpha value is -3.11. The Morgan fingerprint density at radius 3 is 2.37 bits per heavy atom. The molecule has 0 fully saturated rings. The number of hydrogen-bond donors (Lipinski definition) is 0. The van der Waals surface area contributed by atoms with Crippen molar-refractivity contribution in [3.8, 4) is 21.8 Å². The first-order valence-corrected chi connectivity index (χ1v) is 9.79. The van der Waals surface area contributed by atoms with E-state index in [0.29, 0.717) is 0 Å². The first kappa shape index (κ1) is 16.1. The van der Waals surface area contributed by atoms with Crippen molar-refractivity contribution in [3.63, 3.8) is 0 Å². The van der Waals surface area contributed by atoms with E-state index in [-0.39, 0.29) is 0 Å². The minimum atomic E-state index is 0.883. The van der Waals surface area contributed by atoms with Gasteiger partial charge in [-0.15, -0.1) is 16.0 Å². The quantitative estimate of drug-likeness (QED) is 0.312. The molecule has 4 heteroatoms. The van der Waals surface area contributed by atoms with Crippen LogP contribution in [0.5, 0.6) is 0 Å². The van der Waals surface area contributed by atoms with Gasteiger partial charge in [-0.2, -0.15) is 0 Å². The molecule has 0 atom stereocenters. The molecule has 0 bridgehead atoms. The van der Waals surface area contributed by atoms with E-state index in [1.807, 2.05) is 11.7 Å². The van der Waals surface area contributed by atoms with E-state index in [4.69, 9.17) is 10.1 Å². The standard InChI is InChI=1S/C23H18N3S/c1-15-9-10-18(22-8-5-11-27-22)12-19(15)23-24-20-13-16-6-3-4-7-17(16)14-21(20)25-26(23)2/h3-14H,1-2H3/q+1. The van der Waals surface area contributed by atoms with Crippen molar-refractivity contribution in [1.82, 2.24) is 10.1 Å². The molecule has 0 amide bonds. The van der Waals surface area contributed by atoms with Gasteiger partial charge in [0.25, 0.3) is 0 Å². The van der Waals surface area contributed by atoms with E-state index in [1.54, 1.807) is 11.3 Å². The van der Waals surface area contributed by atoms with Crippen LogP contribution in [0.1, 0.15) is 5.56 Å². The third-order valence-electron chi connectivity index (χ3n) is 4.92. The lowest BCUT2D eigenvalue weighted by Gasteiger charge is -2.06. The second kappa shape index (κ2) is 6.25. The summed E-state index contributed by atoms with van der Waals surface area (Å²) in [6.45, 7) is 2.12. The highest BCUT2D eigenvalue weighted by Crippen LogP contribution is 2.30. The van der Waals surface area contributed by atoms with Crippen LogP contribution >= 0.6 is 11.3 Å². The van der Waals surface area contributed by atoms with Crippen LogP contribution in [0.15, 0.2) is 72.1 Å². The van der Waals surface area contributed by atoms with Crippen LogP contribution in [0, 0.1) is 6.92 Å². The minimum Gasteiger partial charge on any atom is -0.144 e. The lowest BCUT2D eigenvalue weighted by atomic mass is 10.0. The zero-order valence-corrected chi connectivity index (χ0v) is 16.0. The van der Waals surface area contributed by atoms with Crippen molar-refractivity contribution in [2.45, 2.75) is 6.92 Å². The third kappa shape index (κ3) is 2.78. The first-order valence-electron chi connectivity index (χ1n) is 8.91. The second-order valence-electron chi connectivity index (χ2n) is 6.75. The molecule has 2 heterocycles. The number of aryl methyl sites for hydroxylation is 2. The van der Waals surface area contributed by atoms with Crippen molar-refractivity contribution in [1.29, 1.82) is 0 Å². The van der Waals surface area contributed by atoms with Crippen molar-refractivity contribution >= 4 is 33.1 Å². The molecule has 0 spiro atoms. The molecule has 0 radical (unpaired) electrons. The molecule has 5 rings (SSSR count). The molecule has 0 aliphatic carbocycles. The molecule has 0 saturated heterocycles. The minimum absolute atomic E-state index is 0.883. The molecule has 0 aliphatic rings. The molecule has 0 N–H and O–H groups in total.